The van der Waals surface area contributed by atoms with E-state index in [4.69, 9.17) is 0 Å². The Bertz CT molecular complexity index is 1120. The molecule has 0 radical (unpaired) electrons. The third-order valence-electron chi connectivity index (χ3n) is 6.09. The van der Waals surface area contributed by atoms with Crippen molar-refractivity contribution in [1.82, 2.24) is 10.3 Å². The van der Waals surface area contributed by atoms with E-state index in [9.17, 15) is 4.79 Å². The van der Waals surface area contributed by atoms with Gasteiger partial charge in [0, 0.05) is 28.6 Å². The van der Waals surface area contributed by atoms with Crippen molar-refractivity contribution in [3.63, 3.8) is 0 Å². The number of anilines is 1. The zero-order chi connectivity index (χ0) is 20.2. The largest absolute Gasteiger partial charge is 0.377 e. The summed E-state index contributed by atoms with van der Waals surface area (Å²) in [4.78, 5) is 16.5. The van der Waals surface area contributed by atoms with E-state index in [0.717, 1.165) is 23.2 Å². The van der Waals surface area contributed by atoms with E-state index in [2.05, 4.69) is 64.3 Å². The topological polar surface area (TPSA) is 56.9 Å². The van der Waals surface area contributed by atoms with Crippen molar-refractivity contribution in [3.05, 3.63) is 77.5 Å². The number of rotatable bonds is 2. The number of aromatic amines is 1. The Kier molecular flexibility index (Phi) is 4.05. The van der Waals surface area contributed by atoms with Gasteiger partial charge in [-0.05, 0) is 56.4 Å². The number of amides is 1. The number of para-hydroxylation sites is 2. The minimum Gasteiger partial charge on any atom is -0.377 e. The van der Waals surface area contributed by atoms with Gasteiger partial charge in [-0.1, -0.05) is 42.5 Å². The molecule has 0 fully saturated rings. The number of carbonyl (C=O) groups is 1. The Balaban J connectivity index is 1.61. The number of H-pyrrole nitrogens is 1. The van der Waals surface area contributed by atoms with E-state index < -0.39 is 0 Å². The number of hydrogen-bond acceptors (Lipinski definition) is 2. The number of allylic oxidation sites excluding steroid dienone is 2. The molecule has 0 spiro atoms. The first-order valence-electron chi connectivity index (χ1n) is 10.4. The Morgan fingerprint density at radius 2 is 1.90 bits per heavy atom. The molecule has 29 heavy (non-hydrogen) atoms. The molecule has 3 unspecified atom stereocenters. The van der Waals surface area contributed by atoms with Gasteiger partial charge in [0.05, 0.1) is 17.3 Å². The molecule has 0 saturated heterocycles. The summed E-state index contributed by atoms with van der Waals surface area (Å²) in [6.45, 7) is 6.04. The quantitative estimate of drug-likeness (QED) is 0.509. The molecule has 148 valence electrons. The fourth-order valence-electron chi connectivity index (χ4n) is 4.88. The summed E-state index contributed by atoms with van der Waals surface area (Å²) in [6.07, 6.45) is 7.77. The summed E-state index contributed by atoms with van der Waals surface area (Å²) in [5.74, 6) is 0.745. The molecule has 5 rings (SSSR count). The number of aromatic nitrogens is 1. The van der Waals surface area contributed by atoms with Crippen molar-refractivity contribution in [2.45, 2.75) is 44.7 Å². The highest BCUT2D eigenvalue weighted by molar-refractivity contribution is 6.01. The fraction of sp³-hybridized carbons (Fsp3) is 0.320. The lowest BCUT2D eigenvalue weighted by Crippen LogP contribution is -2.41. The molecule has 1 aliphatic heterocycles. The van der Waals surface area contributed by atoms with Gasteiger partial charge in [-0.2, -0.15) is 0 Å². The molecule has 3 aromatic rings. The second-order valence-corrected chi connectivity index (χ2v) is 9.24. The molecule has 4 nitrogen and oxygen atoms in total. The van der Waals surface area contributed by atoms with E-state index in [-0.39, 0.29) is 17.5 Å². The first-order chi connectivity index (χ1) is 13.9. The highest BCUT2D eigenvalue weighted by Gasteiger charge is 2.40. The smallest absolute Gasteiger partial charge is 0.253 e. The zero-order valence-electron chi connectivity index (χ0n) is 17.1. The number of carbonyl (C=O) groups excluding carboxylic acids is 1. The van der Waals surface area contributed by atoms with Crippen LogP contribution in [0.2, 0.25) is 0 Å². The van der Waals surface area contributed by atoms with Crippen molar-refractivity contribution in [1.29, 1.82) is 0 Å². The van der Waals surface area contributed by atoms with E-state index in [1.165, 1.54) is 16.5 Å². The monoisotopic (exact) mass is 385 g/mol. The average Bonchev–Trinajstić information content (AvgIpc) is 3.33. The van der Waals surface area contributed by atoms with Crippen LogP contribution in [0.5, 0.6) is 0 Å². The molecule has 4 heteroatoms. The van der Waals surface area contributed by atoms with Gasteiger partial charge in [0.15, 0.2) is 0 Å². The molecule has 2 heterocycles. The van der Waals surface area contributed by atoms with Crippen LogP contribution in [0.15, 0.2) is 60.8 Å². The normalized spacial score (nSPS) is 22.8. The summed E-state index contributed by atoms with van der Waals surface area (Å²) in [5.41, 5.74) is 5.06. The molecular formula is C25H27N3O. The molecule has 2 aliphatic rings. The fourth-order valence-corrected chi connectivity index (χ4v) is 4.88. The van der Waals surface area contributed by atoms with Gasteiger partial charge in [-0.3, -0.25) is 4.79 Å². The molecule has 0 bridgehead atoms. The van der Waals surface area contributed by atoms with Crippen LogP contribution < -0.4 is 10.6 Å². The van der Waals surface area contributed by atoms with Crippen LogP contribution in [0.3, 0.4) is 0 Å². The third-order valence-corrected chi connectivity index (χ3v) is 6.09. The van der Waals surface area contributed by atoms with Gasteiger partial charge >= 0.3 is 0 Å². The minimum atomic E-state index is -0.277. The van der Waals surface area contributed by atoms with Crippen LogP contribution >= 0.6 is 0 Å². The summed E-state index contributed by atoms with van der Waals surface area (Å²) in [5, 5.41) is 8.14. The highest BCUT2D eigenvalue weighted by atomic mass is 16.1. The van der Waals surface area contributed by atoms with Crippen molar-refractivity contribution < 1.29 is 4.79 Å². The van der Waals surface area contributed by atoms with Gasteiger partial charge < -0.3 is 15.6 Å². The molecule has 3 N–H and O–H groups in total. The SMILES string of the molecule is CC(C)(C)NC(=O)c1cccc2c1NC(c1c[nH]c3ccccc13)C1CC=CC21. The van der Waals surface area contributed by atoms with Gasteiger partial charge in [0.25, 0.3) is 5.91 Å². The van der Waals surface area contributed by atoms with Crippen LogP contribution in [0, 0.1) is 5.92 Å². The van der Waals surface area contributed by atoms with Crippen LogP contribution in [0.4, 0.5) is 5.69 Å². The highest BCUT2D eigenvalue weighted by Crippen LogP contribution is 2.51. The minimum absolute atomic E-state index is 0.0278. The lowest BCUT2D eigenvalue weighted by molar-refractivity contribution is 0.0920. The Morgan fingerprint density at radius 1 is 1.07 bits per heavy atom. The molecule has 0 saturated carbocycles. The van der Waals surface area contributed by atoms with Gasteiger partial charge in [0.2, 0.25) is 0 Å². The maximum atomic E-state index is 13.1. The maximum absolute atomic E-state index is 13.1. The van der Waals surface area contributed by atoms with Crippen molar-refractivity contribution >= 4 is 22.5 Å². The summed E-state index contributed by atoms with van der Waals surface area (Å²) >= 11 is 0. The molecule has 2 aromatic carbocycles. The number of fused-ring (bicyclic) bond motifs is 4. The molecule has 3 atom stereocenters. The van der Waals surface area contributed by atoms with Gasteiger partial charge in [0.1, 0.15) is 0 Å². The van der Waals surface area contributed by atoms with Gasteiger partial charge in [-0.15, -0.1) is 0 Å². The summed E-state index contributed by atoms with van der Waals surface area (Å²) in [6, 6.07) is 14.7. The maximum Gasteiger partial charge on any atom is 0.253 e. The van der Waals surface area contributed by atoms with E-state index in [1.54, 1.807) is 0 Å². The Labute approximate surface area is 171 Å². The average molecular weight is 386 g/mol. The first kappa shape index (κ1) is 18.0. The number of nitrogens with one attached hydrogen (secondary N) is 3. The lowest BCUT2D eigenvalue weighted by Gasteiger charge is -2.38. The van der Waals surface area contributed by atoms with Crippen LogP contribution in [0.1, 0.15) is 60.6 Å². The number of hydrogen-bond donors (Lipinski definition) is 3. The summed E-state index contributed by atoms with van der Waals surface area (Å²) in [7, 11) is 0. The Morgan fingerprint density at radius 3 is 2.72 bits per heavy atom. The van der Waals surface area contributed by atoms with Crippen LogP contribution in [-0.4, -0.2) is 16.4 Å². The second kappa shape index (κ2) is 6.51. The van der Waals surface area contributed by atoms with E-state index >= 15 is 0 Å². The second-order valence-electron chi connectivity index (χ2n) is 9.24. The van der Waals surface area contributed by atoms with Crippen molar-refractivity contribution in [2.24, 2.45) is 5.92 Å². The first-order valence-corrected chi connectivity index (χ1v) is 10.4. The predicted molar refractivity (Wildman–Crippen MR) is 118 cm³/mol. The molecule has 1 aromatic heterocycles. The zero-order valence-corrected chi connectivity index (χ0v) is 17.1. The molecular weight excluding hydrogens is 358 g/mol. The van der Waals surface area contributed by atoms with E-state index in [1.807, 2.05) is 32.9 Å². The predicted octanol–water partition coefficient (Wildman–Crippen LogP) is 5.52. The van der Waals surface area contributed by atoms with Gasteiger partial charge in [-0.25, -0.2) is 0 Å². The van der Waals surface area contributed by atoms with Crippen LogP contribution in [-0.2, 0) is 0 Å². The summed E-state index contributed by atoms with van der Waals surface area (Å²) < 4.78 is 0. The van der Waals surface area contributed by atoms with Crippen molar-refractivity contribution in [3.8, 4) is 0 Å². The van der Waals surface area contributed by atoms with Crippen molar-refractivity contribution in [2.75, 3.05) is 5.32 Å². The molecule has 1 aliphatic carbocycles. The molecule has 1 amide bonds. The standard InChI is InChI=1S/C25H27N3O/c1-25(2,3)28-24(29)19-12-7-11-17-15-9-6-10-18(15)23(27-22(17)19)20-14-26-21-13-5-4-8-16(20)21/h4-9,11-15,18,23,26-27H,10H2,1-3H3,(H,28,29). The van der Waals surface area contributed by atoms with E-state index in [0.29, 0.717) is 11.8 Å². The van der Waals surface area contributed by atoms with Crippen LogP contribution in [0.25, 0.3) is 10.9 Å². The lowest BCUT2D eigenvalue weighted by atomic mass is 9.76. The third kappa shape index (κ3) is 3.03. The number of benzene rings is 2. The Hall–Kier alpha value is -3.01.